The first-order valence-electron chi connectivity index (χ1n) is 4.34. The zero-order valence-corrected chi connectivity index (χ0v) is 8.90. The number of nitrogens with zero attached hydrogens (tertiary/aromatic N) is 1. The molecule has 7 heteroatoms. The summed E-state index contributed by atoms with van der Waals surface area (Å²) in [5.41, 5.74) is 0.829. The fraction of sp³-hybridized carbons (Fsp3) is 0.222. The Morgan fingerprint density at radius 2 is 2.00 bits per heavy atom. The number of rotatable bonds is 2. The van der Waals surface area contributed by atoms with E-state index in [1.165, 1.54) is 12.1 Å². The second kappa shape index (κ2) is 4.80. The summed E-state index contributed by atoms with van der Waals surface area (Å²) in [4.78, 5) is 20.7. The van der Waals surface area contributed by atoms with Gasteiger partial charge in [-0.25, -0.2) is 4.79 Å². The monoisotopic (exact) mass is 244 g/mol. The number of amides is 1. The van der Waals surface area contributed by atoms with Crippen LogP contribution in [0.5, 0.6) is 0 Å². The van der Waals surface area contributed by atoms with Crippen LogP contribution in [-0.2, 0) is 4.74 Å². The molecule has 0 saturated carbocycles. The van der Waals surface area contributed by atoms with E-state index in [1.54, 1.807) is 12.1 Å². The van der Waals surface area contributed by atoms with E-state index >= 15 is 0 Å². The zero-order valence-electron chi connectivity index (χ0n) is 8.08. The van der Waals surface area contributed by atoms with Crippen molar-refractivity contribution in [2.45, 2.75) is 6.04 Å². The molecule has 0 aliphatic carbocycles. The zero-order chi connectivity index (χ0) is 10.8. The van der Waals surface area contributed by atoms with E-state index in [0.717, 1.165) is 5.56 Å². The van der Waals surface area contributed by atoms with Gasteiger partial charge in [-0.2, -0.15) is 0 Å². The highest BCUT2D eigenvalue weighted by molar-refractivity contribution is 5.85. The van der Waals surface area contributed by atoms with Crippen molar-refractivity contribution in [1.29, 1.82) is 0 Å². The van der Waals surface area contributed by atoms with Gasteiger partial charge in [-0.05, 0) is 5.56 Å². The van der Waals surface area contributed by atoms with Crippen LogP contribution in [0.3, 0.4) is 0 Å². The molecule has 1 aromatic carbocycles. The Morgan fingerprint density at radius 3 is 2.44 bits per heavy atom. The molecule has 0 bridgehead atoms. The van der Waals surface area contributed by atoms with Gasteiger partial charge in [0, 0.05) is 12.1 Å². The third-order valence-electron chi connectivity index (χ3n) is 2.18. The molecule has 1 amide bonds. The quantitative estimate of drug-likeness (QED) is 0.635. The van der Waals surface area contributed by atoms with E-state index in [9.17, 15) is 14.9 Å². The first-order chi connectivity index (χ1) is 7.16. The molecule has 0 aromatic heterocycles. The van der Waals surface area contributed by atoms with Crippen molar-refractivity contribution < 1.29 is 14.5 Å². The number of alkyl carbamates (subject to hydrolysis) is 1. The number of non-ortho nitro benzene ring substituents is 1. The van der Waals surface area contributed by atoms with E-state index in [1.807, 2.05) is 0 Å². The SMILES string of the molecule is Cl.O=C1N[C@@H](c2ccc([N+](=O)[O-])cc2)CO1. The lowest BCUT2D eigenvalue weighted by Crippen LogP contribution is -2.18. The van der Waals surface area contributed by atoms with Gasteiger partial charge < -0.3 is 10.1 Å². The lowest BCUT2D eigenvalue weighted by atomic mass is 10.1. The average Bonchev–Trinajstić information content (AvgIpc) is 2.65. The molecule has 1 N–H and O–H groups in total. The number of cyclic esters (lactones) is 1. The Morgan fingerprint density at radius 1 is 1.38 bits per heavy atom. The van der Waals surface area contributed by atoms with Gasteiger partial charge in [0.15, 0.2) is 0 Å². The van der Waals surface area contributed by atoms with Crippen molar-refractivity contribution in [2.75, 3.05) is 6.61 Å². The number of carbonyl (C=O) groups is 1. The maximum absolute atomic E-state index is 10.8. The third-order valence-corrected chi connectivity index (χ3v) is 2.18. The summed E-state index contributed by atoms with van der Waals surface area (Å²) in [7, 11) is 0. The minimum absolute atomic E-state index is 0. The molecule has 1 fully saturated rings. The number of ether oxygens (including phenoxy) is 1. The van der Waals surface area contributed by atoms with Crippen LogP contribution in [0.25, 0.3) is 0 Å². The Bertz CT molecular complexity index is 406. The molecule has 86 valence electrons. The Balaban J connectivity index is 0.00000128. The molecule has 16 heavy (non-hydrogen) atoms. The van der Waals surface area contributed by atoms with E-state index in [0.29, 0.717) is 0 Å². The predicted octanol–water partition coefficient (Wildman–Crippen LogP) is 1.80. The van der Waals surface area contributed by atoms with Crippen LogP contribution in [0.2, 0.25) is 0 Å². The molecule has 2 rings (SSSR count). The van der Waals surface area contributed by atoms with Crippen molar-refractivity contribution in [3.63, 3.8) is 0 Å². The minimum atomic E-state index is -0.465. The predicted molar refractivity (Wildman–Crippen MR) is 57.6 cm³/mol. The van der Waals surface area contributed by atoms with Gasteiger partial charge in [0.25, 0.3) is 5.69 Å². The molecule has 1 heterocycles. The molecule has 0 radical (unpaired) electrons. The van der Waals surface area contributed by atoms with E-state index in [2.05, 4.69) is 5.32 Å². The van der Waals surface area contributed by atoms with E-state index in [-0.39, 0.29) is 30.7 Å². The van der Waals surface area contributed by atoms with Gasteiger partial charge in [0.1, 0.15) is 6.61 Å². The number of hydrogen-bond acceptors (Lipinski definition) is 4. The van der Waals surface area contributed by atoms with Crippen molar-refractivity contribution in [2.24, 2.45) is 0 Å². The fourth-order valence-corrected chi connectivity index (χ4v) is 1.39. The van der Waals surface area contributed by atoms with Crippen molar-refractivity contribution in [3.05, 3.63) is 39.9 Å². The van der Waals surface area contributed by atoms with Crippen molar-refractivity contribution in [3.8, 4) is 0 Å². The molecular formula is C9H9ClN2O4. The highest BCUT2D eigenvalue weighted by atomic mass is 35.5. The van der Waals surface area contributed by atoms with Crippen LogP contribution in [-0.4, -0.2) is 17.6 Å². The van der Waals surface area contributed by atoms with Crippen LogP contribution < -0.4 is 5.32 Å². The van der Waals surface area contributed by atoms with Gasteiger partial charge in [-0.1, -0.05) is 12.1 Å². The van der Waals surface area contributed by atoms with Crippen LogP contribution in [0.4, 0.5) is 10.5 Å². The van der Waals surface area contributed by atoms with Crippen LogP contribution in [0.1, 0.15) is 11.6 Å². The van der Waals surface area contributed by atoms with Gasteiger partial charge in [0.05, 0.1) is 11.0 Å². The van der Waals surface area contributed by atoms with Crippen molar-refractivity contribution >= 4 is 24.2 Å². The third kappa shape index (κ3) is 2.40. The molecule has 1 aromatic rings. The Hall–Kier alpha value is -1.82. The number of benzene rings is 1. The molecule has 1 saturated heterocycles. The second-order valence-electron chi connectivity index (χ2n) is 3.14. The highest BCUT2D eigenvalue weighted by Crippen LogP contribution is 2.20. The lowest BCUT2D eigenvalue weighted by molar-refractivity contribution is -0.384. The van der Waals surface area contributed by atoms with E-state index < -0.39 is 11.0 Å². The molecular weight excluding hydrogens is 236 g/mol. The topological polar surface area (TPSA) is 81.5 Å². The number of carbonyl (C=O) groups excluding carboxylic acids is 1. The maximum Gasteiger partial charge on any atom is 0.407 e. The number of nitro groups is 1. The van der Waals surface area contributed by atoms with E-state index in [4.69, 9.17) is 4.74 Å². The molecule has 0 unspecified atom stereocenters. The number of nitrogens with one attached hydrogen (secondary N) is 1. The van der Waals surface area contributed by atoms with Crippen LogP contribution in [0, 0.1) is 10.1 Å². The maximum atomic E-state index is 10.8. The summed E-state index contributed by atoms with van der Waals surface area (Å²) < 4.78 is 4.71. The lowest BCUT2D eigenvalue weighted by Gasteiger charge is -2.06. The van der Waals surface area contributed by atoms with Gasteiger partial charge in [-0.15, -0.1) is 12.4 Å². The molecule has 6 nitrogen and oxygen atoms in total. The number of halogens is 1. The van der Waals surface area contributed by atoms with Crippen LogP contribution >= 0.6 is 12.4 Å². The fourth-order valence-electron chi connectivity index (χ4n) is 1.39. The standard InChI is InChI=1S/C9H8N2O4.ClH/c12-9-10-8(5-15-9)6-1-3-7(4-2-6)11(13)14;/h1-4,8H,5H2,(H,10,12);1H/t8-;/m1./s1. The Kier molecular flexibility index (Phi) is 3.68. The first kappa shape index (κ1) is 12.3. The van der Waals surface area contributed by atoms with Crippen LogP contribution in [0.15, 0.2) is 24.3 Å². The molecule has 0 spiro atoms. The molecule has 1 atom stereocenters. The van der Waals surface area contributed by atoms with Gasteiger partial charge in [0.2, 0.25) is 0 Å². The summed E-state index contributed by atoms with van der Waals surface area (Å²) in [6.45, 7) is 0.261. The summed E-state index contributed by atoms with van der Waals surface area (Å²) >= 11 is 0. The summed E-state index contributed by atoms with van der Waals surface area (Å²) in [6.07, 6.45) is -0.460. The highest BCUT2D eigenvalue weighted by Gasteiger charge is 2.23. The Labute approximate surface area is 97.2 Å². The normalized spacial score (nSPS) is 18.2. The average molecular weight is 245 g/mol. The summed E-state index contributed by atoms with van der Waals surface area (Å²) in [6, 6.07) is 5.81. The molecule has 1 aliphatic heterocycles. The number of hydrogen-bond donors (Lipinski definition) is 1. The van der Waals surface area contributed by atoms with Crippen molar-refractivity contribution in [1.82, 2.24) is 5.32 Å². The summed E-state index contributed by atoms with van der Waals surface area (Å²) in [5, 5.41) is 13.0. The summed E-state index contributed by atoms with van der Waals surface area (Å²) in [5.74, 6) is 0. The van der Waals surface area contributed by atoms with Gasteiger partial charge in [-0.3, -0.25) is 10.1 Å². The van der Waals surface area contributed by atoms with Gasteiger partial charge >= 0.3 is 6.09 Å². The second-order valence-corrected chi connectivity index (χ2v) is 3.14. The minimum Gasteiger partial charge on any atom is -0.447 e. The largest absolute Gasteiger partial charge is 0.447 e. The molecule has 1 aliphatic rings. The number of nitro benzene ring substituents is 1. The first-order valence-corrected chi connectivity index (χ1v) is 4.34. The smallest absolute Gasteiger partial charge is 0.407 e.